The molecular weight excluding hydrogens is 624 g/mol. The molecule has 2 unspecified atom stereocenters. The Morgan fingerprint density at radius 2 is 1.17 bits per heavy atom. The molecule has 0 bridgehead atoms. The van der Waals surface area contributed by atoms with E-state index in [4.69, 9.17) is 30.1 Å². The lowest BCUT2D eigenvalue weighted by molar-refractivity contribution is -0.173. The van der Waals surface area contributed by atoms with Crippen LogP contribution in [0.5, 0.6) is 0 Å². The molecule has 3 amide bonds. The third-order valence-electron chi connectivity index (χ3n) is 5.74. The van der Waals surface area contributed by atoms with Crippen LogP contribution in [0.2, 0.25) is 0 Å². The first-order valence-electron chi connectivity index (χ1n) is 14.0. The second-order valence-corrected chi connectivity index (χ2v) is 9.87. The van der Waals surface area contributed by atoms with Gasteiger partial charge in [-0.1, -0.05) is 5.64 Å². The summed E-state index contributed by atoms with van der Waals surface area (Å²) < 4.78 is 0. The Bertz CT molecular complexity index is 1030. The number of unbranched alkanes of at least 4 members (excludes halogenated alkanes) is 1. The molecule has 0 aromatic rings. The van der Waals surface area contributed by atoms with E-state index in [9.17, 15) is 43.5 Å². The molecule has 2 atom stereocenters. The summed E-state index contributed by atoms with van der Waals surface area (Å²) in [6.45, 7) is 0.217. The number of Topliss-reactive ketones (excluding diaryl/α,β-unsaturated/α-hetero) is 1. The van der Waals surface area contributed by atoms with Crippen LogP contribution in [0.25, 0.3) is 0 Å². The Balaban J connectivity index is 4.29. The average molecular weight is 667 g/mol. The zero-order valence-corrected chi connectivity index (χ0v) is 25.3. The second-order valence-electron chi connectivity index (χ2n) is 9.87. The topological polar surface area (TPSA) is 311 Å². The highest BCUT2D eigenvalue weighted by Gasteiger charge is 2.25. The number of ketones is 1. The lowest BCUT2D eigenvalue weighted by Crippen LogP contribution is -2.51. The van der Waals surface area contributed by atoms with Crippen molar-refractivity contribution in [2.75, 3.05) is 59.0 Å². The molecular formula is C25H42N6O15. The molecule has 21 nitrogen and oxygen atoms in total. The van der Waals surface area contributed by atoms with E-state index in [1.165, 1.54) is 16.7 Å². The van der Waals surface area contributed by atoms with Gasteiger partial charge in [-0.25, -0.2) is 14.4 Å². The van der Waals surface area contributed by atoms with E-state index in [2.05, 4.69) is 16.3 Å². The molecule has 0 rings (SSSR count). The third kappa shape index (κ3) is 23.0. The van der Waals surface area contributed by atoms with Gasteiger partial charge in [-0.15, -0.1) is 0 Å². The Morgan fingerprint density at radius 3 is 1.67 bits per heavy atom. The fraction of sp³-hybridized carbons (Fsp3) is 0.680. The van der Waals surface area contributed by atoms with E-state index in [0.717, 1.165) is 0 Å². The zero-order chi connectivity index (χ0) is 35.1. The number of nitrogens with one attached hydrogen (secondary N) is 4. The maximum atomic E-state index is 12.3. The molecule has 9 N–H and O–H groups in total. The number of hydrogen-bond donors (Lipinski definition) is 9. The van der Waals surface area contributed by atoms with Gasteiger partial charge in [-0.2, -0.15) is 0 Å². The number of hydrogen-bond acceptors (Lipinski definition) is 13. The minimum absolute atomic E-state index is 0.0377. The van der Waals surface area contributed by atoms with Gasteiger partial charge in [0.05, 0.1) is 39.4 Å². The lowest BCUT2D eigenvalue weighted by Gasteiger charge is -2.24. The molecule has 0 aromatic carbocycles. The largest absolute Gasteiger partial charge is 0.481 e. The van der Waals surface area contributed by atoms with Gasteiger partial charge in [0.2, 0.25) is 5.91 Å². The van der Waals surface area contributed by atoms with Crippen molar-refractivity contribution in [3.05, 3.63) is 0 Å². The summed E-state index contributed by atoms with van der Waals surface area (Å²) >= 11 is 0. The molecule has 0 saturated heterocycles. The Morgan fingerprint density at radius 1 is 0.652 bits per heavy atom. The number of nitrogens with zero attached hydrogens (tertiary/aromatic N) is 2. The van der Waals surface area contributed by atoms with Crippen LogP contribution in [-0.2, 0) is 43.2 Å². The molecule has 0 fully saturated rings. The van der Waals surface area contributed by atoms with E-state index in [1.54, 1.807) is 0 Å². The van der Waals surface area contributed by atoms with E-state index >= 15 is 0 Å². The van der Waals surface area contributed by atoms with Gasteiger partial charge in [-0.05, 0) is 26.2 Å². The standard InChI is InChI=1S/C25H42N6O15/c1-16(32)12-30(14-21(36)37)8-9-31(15-22(38)39)13-19(33)26-7-2-3-10-45-29-46-11-6-18(24(42)43)28-25(44)27-17(23(40)41)4-5-20(34)35/h17-18,29H,2-15H2,1H3,(H,26,33)(H,34,35)(H,36,37)(H,38,39)(H,40,41)(H,42,43)(H2,27,28,44). The van der Waals surface area contributed by atoms with E-state index in [1.807, 2.05) is 5.32 Å². The summed E-state index contributed by atoms with van der Waals surface area (Å²) in [6.07, 6.45) is -0.272. The number of carboxylic acids is 5. The first-order valence-corrected chi connectivity index (χ1v) is 14.0. The summed E-state index contributed by atoms with van der Waals surface area (Å²) in [7, 11) is 0. The molecule has 0 spiro atoms. The number of carboxylic acid groups (broad SMARTS) is 5. The normalized spacial score (nSPS) is 12.2. The molecule has 262 valence electrons. The number of urea groups is 1. The average Bonchev–Trinajstić information content (AvgIpc) is 2.92. The summed E-state index contributed by atoms with van der Waals surface area (Å²) in [5.41, 5.74) is 2.13. The Hall–Kier alpha value is -4.44. The summed E-state index contributed by atoms with van der Waals surface area (Å²) in [5.74, 6) is -7.25. The van der Waals surface area contributed by atoms with Crippen LogP contribution in [0, 0.1) is 0 Å². The first kappa shape index (κ1) is 41.6. The molecule has 21 heteroatoms. The third-order valence-corrected chi connectivity index (χ3v) is 5.74. The van der Waals surface area contributed by atoms with Crippen molar-refractivity contribution in [2.45, 2.75) is 51.1 Å². The summed E-state index contributed by atoms with van der Waals surface area (Å²) in [4.78, 5) is 104. The van der Waals surface area contributed by atoms with Crippen LogP contribution in [0.4, 0.5) is 4.79 Å². The molecule has 0 aliphatic heterocycles. The van der Waals surface area contributed by atoms with Crippen LogP contribution < -0.4 is 21.6 Å². The molecule has 0 aromatic heterocycles. The van der Waals surface area contributed by atoms with Crippen molar-refractivity contribution in [1.29, 1.82) is 0 Å². The van der Waals surface area contributed by atoms with Crippen molar-refractivity contribution >= 4 is 47.6 Å². The second kappa shape index (κ2) is 23.9. The monoisotopic (exact) mass is 666 g/mol. The van der Waals surface area contributed by atoms with E-state index < -0.39 is 79.8 Å². The molecule has 0 heterocycles. The summed E-state index contributed by atoms with van der Waals surface area (Å²) in [6, 6.07) is -4.12. The van der Waals surface area contributed by atoms with E-state index in [0.29, 0.717) is 12.8 Å². The van der Waals surface area contributed by atoms with Gasteiger partial charge in [0.25, 0.3) is 0 Å². The lowest BCUT2D eigenvalue weighted by atomic mass is 10.1. The van der Waals surface area contributed by atoms with Crippen molar-refractivity contribution in [2.24, 2.45) is 0 Å². The zero-order valence-electron chi connectivity index (χ0n) is 25.3. The van der Waals surface area contributed by atoms with Crippen molar-refractivity contribution in [3.8, 4) is 0 Å². The minimum atomic E-state index is -1.54. The number of carbonyl (C=O) groups is 8. The van der Waals surface area contributed by atoms with Gasteiger partial charge in [-0.3, -0.25) is 43.4 Å². The predicted octanol–water partition coefficient (Wildman–Crippen LogP) is -2.84. The summed E-state index contributed by atoms with van der Waals surface area (Å²) in [5, 5.41) is 51.8. The fourth-order valence-corrected chi connectivity index (χ4v) is 3.64. The van der Waals surface area contributed by atoms with Crippen molar-refractivity contribution < 1.29 is 73.6 Å². The highest BCUT2D eigenvalue weighted by Crippen LogP contribution is 2.00. The van der Waals surface area contributed by atoms with Crippen LogP contribution >= 0.6 is 0 Å². The number of rotatable bonds is 28. The molecule has 0 aliphatic carbocycles. The van der Waals surface area contributed by atoms with Gasteiger partial charge in [0.15, 0.2) is 0 Å². The van der Waals surface area contributed by atoms with Crippen molar-refractivity contribution in [1.82, 2.24) is 31.4 Å². The molecule has 0 saturated carbocycles. The maximum Gasteiger partial charge on any atom is 0.326 e. The predicted molar refractivity (Wildman–Crippen MR) is 152 cm³/mol. The van der Waals surface area contributed by atoms with Gasteiger partial charge >= 0.3 is 35.9 Å². The highest BCUT2D eigenvalue weighted by atomic mass is 16.9. The molecule has 0 aliphatic rings. The SMILES string of the molecule is CC(=O)CN(CCN(CC(=O)O)CC(=O)NCCCCONOCCC(NC(=O)NC(CCC(=O)O)C(=O)O)C(=O)O)CC(=O)O. The number of aliphatic carboxylic acids is 5. The van der Waals surface area contributed by atoms with E-state index in [-0.39, 0.29) is 58.1 Å². The smallest absolute Gasteiger partial charge is 0.326 e. The van der Waals surface area contributed by atoms with Gasteiger partial charge in [0.1, 0.15) is 17.9 Å². The quantitative estimate of drug-likeness (QED) is 0.0300. The van der Waals surface area contributed by atoms with Gasteiger partial charge < -0.3 is 41.5 Å². The maximum absolute atomic E-state index is 12.3. The highest BCUT2D eigenvalue weighted by molar-refractivity contribution is 5.86. The fourth-order valence-electron chi connectivity index (χ4n) is 3.64. The van der Waals surface area contributed by atoms with Gasteiger partial charge in [0, 0.05) is 32.5 Å². The van der Waals surface area contributed by atoms with Crippen molar-refractivity contribution in [3.63, 3.8) is 0 Å². The Kier molecular flexibility index (Phi) is 21.6. The minimum Gasteiger partial charge on any atom is -0.481 e. The van der Waals surface area contributed by atoms with Crippen LogP contribution in [0.3, 0.4) is 0 Å². The van der Waals surface area contributed by atoms with Crippen LogP contribution in [0.15, 0.2) is 0 Å². The Labute approximate surface area is 263 Å². The molecule has 46 heavy (non-hydrogen) atoms. The van der Waals surface area contributed by atoms with Crippen LogP contribution in [-0.4, -0.2) is 154 Å². The molecule has 0 radical (unpaired) electrons. The van der Waals surface area contributed by atoms with Crippen LogP contribution in [0.1, 0.15) is 39.0 Å². The number of carbonyl (C=O) groups excluding carboxylic acids is 3. The number of amides is 3. The first-order chi connectivity index (χ1) is 21.6.